The number of amides is 1. The fraction of sp³-hybridized carbons (Fsp3) is 0.0455. The van der Waals surface area contributed by atoms with Crippen LogP contribution in [0, 0.1) is 18.3 Å². The largest absolute Gasteiger partial charge is 0.322 e. The smallest absolute Gasteiger partial charge is 0.255 e. The molecule has 0 aliphatic heterocycles. The van der Waals surface area contributed by atoms with Crippen LogP contribution in [0.2, 0.25) is 0 Å². The van der Waals surface area contributed by atoms with E-state index in [2.05, 4.69) is 29.4 Å². The number of thiazole rings is 1. The summed E-state index contributed by atoms with van der Waals surface area (Å²) >= 11 is 1.66. The van der Waals surface area contributed by atoms with Crippen LogP contribution in [0.4, 0.5) is 5.69 Å². The molecule has 0 aliphatic rings. The molecular weight excluding hydrogens is 354 g/mol. The van der Waals surface area contributed by atoms with E-state index in [1.54, 1.807) is 35.6 Å². The van der Waals surface area contributed by atoms with Gasteiger partial charge in [-0.1, -0.05) is 6.07 Å². The first-order valence-corrected chi connectivity index (χ1v) is 9.23. The molecule has 0 saturated carbocycles. The van der Waals surface area contributed by atoms with Gasteiger partial charge >= 0.3 is 0 Å². The topological polar surface area (TPSA) is 65.8 Å². The number of fused-ring (bicyclic) bond motifs is 1. The van der Waals surface area contributed by atoms with Crippen LogP contribution in [0.15, 0.2) is 66.7 Å². The van der Waals surface area contributed by atoms with E-state index in [9.17, 15) is 4.79 Å². The van der Waals surface area contributed by atoms with Gasteiger partial charge in [-0.05, 0) is 73.2 Å². The molecule has 4 nitrogen and oxygen atoms in total. The number of anilines is 1. The van der Waals surface area contributed by atoms with Crippen molar-refractivity contribution >= 4 is 33.1 Å². The van der Waals surface area contributed by atoms with Crippen LogP contribution in [0.25, 0.3) is 20.8 Å². The molecule has 1 aromatic heterocycles. The zero-order valence-electron chi connectivity index (χ0n) is 14.6. The molecule has 1 amide bonds. The van der Waals surface area contributed by atoms with Crippen LogP contribution in [0.1, 0.15) is 21.5 Å². The molecule has 4 rings (SSSR count). The number of carbonyl (C=O) groups excluding carboxylic acids is 1. The predicted molar refractivity (Wildman–Crippen MR) is 109 cm³/mol. The SMILES string of the molecule is Cc1ccc2nc(-c3ccc(NC(=O)c4ccc(C#N)cc4)cc3)sc2c1. The number of aromatic nitrogens is 1. The van der Waals surface area contributed by atoms with Gasteiger partial charge in [-0.25, -0.2) is 4.98 Å². The minimum absolute atomic E-state index is 0.206. The third-order valence-electron chi connectivity index (χ3n) is 4.21. The Balaban J connectivity index is 1.52. The number of hydrogen-bond acceptors (Lipinski definition) is 4. The molecule has 0 spiro atoms. The number of hydrogen-bond donors (Lipinski definition) is 1. The lowest BCUT2D eigenvalue weighted by Gasteiger charge is -2.06. The molecular formula is C22H15N3OS. The summed E-state index contributed by atoms with van der Waals surface area (Å²) in [4.78, 5) is 17.0. The fourth-order valence-corrected chi connectivity index (χ4v) is 3.82. The molecule has 5 heteroatoms. The summed E-state index contributed by atoms with van der Waals surface area (Å²) in [5.41, 5.74) is 4.99. The maximum Gasteiger partial charge on any atom is 0.255 e. The van der Waals surface area contributed by atoms with Crippen LogP contribution < -0.4 is 5.32 Å². The first kappa shape index (κ1) is 17.0. The number of nitrogens with zero attached hydrogens (tertiary/aromatic N) is 2. The minimum atomic E-state index is -0.206. The van der Waals surface area contributed by atoms with Crippen molar-refractivity contribution in [3.63, 3.8) is 0 Å². The first-order valence-electron chi connectivity index (χ1n) is 8.41. The Bertz CT molecular complexity index is 1170. The van der Waals surface area contributed by atoms with Crippen molar-refractivity contribution in [1.82, 2.24) is 4.98 Å². The van der Waals surface area contributed by atoms with Gasteiger partial charge in [-0.2, -0.15) is 5.26 Å². The summed E-state index contributed by atoms with van der Waals surface area (Å²) in [7, 11) is 0. The average Bonchev–Trinajstić information content (AvgIpc) is 3.11. The highest BCUT2D eigenvalue weighted by atomic mass is 32.1. The highest BCUT2D eigenvalue weighted by molar-refractivity contribution is 7.21. The molecule has 27 heavy (non-hydrogen) atoms. The van der Waals surface area contributed by atoms with E-state index in [-0.39, 0.29) is 5.91 Å². The maximum atomic E-state index is 12.3. The summed E-state index contributed by atoms with van der Waals surface area (Å²) in [5.74, 6) is -0.206. The standard InChI is InChI=1S/C22H15N3OS/c1-14-2-11-19-20(12-14)27-22(25-19)17-7-9-18(10-8-17)24-21(26)16-5-3-15(13-23)4-6-16/h2-12H,1H3,(H,24,26). The average molecular weight is 369 g/mol. The summed E-state index contributed by atoms with van der Waals surface area (Å²) in [5, 5.41) is 12.7. The molecule has 4 aromatic rings. The van der Waals surface area contributed by atoms with E-state index in [1.165, 1.54) is 10.3 Å². The molecule has 0 fully saturated rings. The summed E-state index contributed by atoms with van der Waals surface area (Å²) in [6, 6.07) is 22.5. The van der Waals surface area contributed by atoms with Gasteiger partial charge in [0, 0.05) is 16.8 Å². The van der Waals surface area contributed by atoms with Crippen molar-refractivity contribution in [3.8, 4) is 16.6 Å². The van der Waals surface area contributed by atoms with E-state index in [0.717, 1.165) is 16.1 Å². The monoisotopic (exact) mass is 369 g/mol. The van der Waals surface area contributed by atoms with E-state index < -0.39 is 0 Å². The van der Waals surface area contributed by atoms with E-state index in [1.807, 2.05) is 36.4 Å². The van der Waals surface area contributed by atoms with E-state index in [0.29, 0.717) is 16.8 Å². The number of rotatable bonds is 3. The molecule has 130 valence electrons. The van der Waals surface area contributed by atoms with Crippen molar-refractivity contribution < 1.29 is 4.79 Å². The summed E-state index contributed by atoms with van der Waals surface area (Å²) in [6.07, 6.45) is 0. The van der Waals surface area contributed by atoms with Crippen LogP contribution in [0.5, 0.6) is 0 Å². The Labute approximate surface area is 160 Å². The van der Waals surface area contributed by atoms with Gasteiger partial charge in [-0.3, -0.25) is 4.79 Å². The van der Waals surface area contributed by atoms with Gasteiger partial charge in [-0.15, -0.1) is 11.3 Å². The van der Waals surface area contributed by atoms with Gasteiger partial charge < -0.3 is 5.32 Å². The minimum Gasteiger partial charge on any atom is -0.322 e. The van der Waals surface area contributed by atoms with Crippen LogP contribution >= 0.6 is 11.3 Å². The Kier molecular flexibility index (Phi) is 4.41. The second kappa shape index (κ2) is 7.02. The molecule has 3 aromatic carbocycles. The molecule has 1 heterocycles. The lowest BCUT2D eigenvalue weighted by Crippen LogP contribution is -2.11. The predicted octanol–water partition coefficient (Wildman–Crippen LogP) is 5.40. The summed E-state index contributed by atoms with van der Waals surface area (Å²) in [6.45, 7) is 2.07. The third kappa shape index (κ3) is 3.57. The zero-order chi connectivity index (χ0) is 18.8. The van der Waals surface area contributed by atoms with Crippen molar-refractivity contribution in [2.24, 2.45) is 0 Å². The second-order valence-electron chi connectivity index (χ2n) is 6.21. The number of aryl methyl sites for hydroxylation is 1. The summed E-state index contributed by atoms with van der Waals surface area (Å²) < 4.78 is 1.17. The van der Waals surface area contributed by atoms with Gasteiger partial charge in [0.05, 0.1) is 21.8 Å². The number of nitriles is 1. The Morgan fingerprint density at radius 1 is 1.04 bits per heavy atom. The van der Waals surface area contributed by atoms with E-state index >= 15 is 0 Å². The van der Waals surface area contributed by atoms with Crippen molar-refractivity contribution in [3.05, 3.63) is 83.4 Å². The van der Waals surface area contributed by atoms with Gasteiger partial charge in [0.25, 0.3) is 5.91 Å². The molecule has 0 atom stereocenters. The van der Waals surface area contributed by atoms with Crippen LogP contribution in [-0.4, -0.2) is 10.9 Å². The number of carbonyl (C=O) groups is 1. The molecule has 0 unspecified atom stereocenters. The lowest BCUT2D eigenvalue weighted by molar-refractivity contribution is 0.102. The zero-order valence-corrected chi connectivity index (χ0v) is 15.4. The number of nitrogens with one attached hydrogen (secondary N) is 1. The van der Waals surface area contributed by atoms with Crippen molar-refractivity contribution in [1.29, 1.82) is 5.26 Å². The Morgan fingerprint density at radius 2 is 1.78 bits per heavy atom. The Hall–Kier alpha value is -3.49. The second-order valence-corrected chi connectivity index (χ2v) is 7.24. The highest BCUT2D eigenvalue weighted by Crippen LogP contribution is 2.31. The molecule has 1 N–H and O–H groups in total. The van der Waals surface area contributed by atoms with Gasteiger partial charge in [0.1, 0.15) is 5.01 Å². The molecule has 0 bridgehead atoms. The third-order valence-corrected chi connectivity index (χ3v) is 5.28. The number of benzene rings is 3. The quantitative estimate of drug-likeness (QED) is 0.526. The van der Waals surface area contributed by atoms with Gasteiger partial charge in [0.15, 0.2) is 0 Å². The van der Waals surface area contributed by atoms with Crippen LogP contribution in [0.3, 0.4) is 0 Å². The normalized spacial score (nSPS) is 10.5. The maximum absolute atomic E-state index is 12.3. The van der Waals surface area contributed by atoms with Crippen LogP contribution in [-0.2, 0) is 0 Å². The first-order chi connectivity index (χ1) is 13.1. The van der Waals surface area contributed by atoms with E-state index in [4.69, 9.17) is 5.26 Å². The van der Waals surface area contributed by atoms with Gasteiger partial charge in [0.2, 0.25) is 0 Å². The molecule has 0 radical (unpaired) electrons. The molecule has 0 aliphatic carbocycles. The fourth-order valence-electron chi connectivity index (χ4n) is 2.75. The molecule has 0 saturated heterocycles. The lowest BCUT2D eigenvalue weighted by atomic mass is 10.1. The van der Waals surface area contributed by atoms with Crippen molar-refractivity contribution in [2.45, 2.75) is 6.92 Å². The van der Waals surface area contributed by atoms with Crippen molar-refractivity contribution in [2.75, 3.05) is 5.32 Å². The Morgan fingerprint density at radius 3 is 2.48 bits per heavy atom. The highest BCUT2D eigenvalue weighted by Gasteiger charge is 2.09.